The fourth-order valence-corrected chi connectivity index (χ4v) is 7.97. The van der Waals surface area contributed by atoms with E-state index in [1.807, 2.05) is 32.0 Å². The molecule has 8 N–H and O–H groups in total. The summed E-state index contributed by atoms with van der Waals surface area (Å²) in [6, 6.07) is 15.7. The first-order valence-corrected chi connectivity index (χ1v) is 20.5. The number of aryl methyl sites for hydroxylation is 2. The molecule has 1 aliphatic rings. The Labute approximate surface area is 365 Å². The summed E-state index contributed by atoms with van der Waals surface area (Å²) in [5, 5.41) is 71.0. The van der Waals surface area contributed by atoms with Crippen LogP contribution in [0.5, 0.6) is 11.5 Å². The van der Waals surface area contributed by atoms with Gasteiger partial charge in [-0.25, -0.2) is 9.59 Å². The van der Waals surface area contributed by atoms with Crippen molar-refractivity contribution in [2.24, 2.45) is 5.92 Å². The van der Waals surface area contributed by atoms with Crippen molar-refractivity contribution in [2.45, 2.75) is 89.2 Å². The molecule has 8 unspecified atom stereocenters. The van der Waals surface area contributed by atoms with E-state index in [1.54, 1.807) is 44.4 Å². The maximum Gasteiger partial charge on any atom is 0.337 e. The van der Waals surface area contributed by atoms with E-state index in [0.29, 0.717) is 34.0 Å². The number of carbonyl (C=O) groups is 3. The van der Waals surface area contributed by atoms with Crippen LogP contribution in [0.1, 0.15) is 37.8 Å². The highest BCUT2D eigenvalue weighted by Gasteiger charge is 2.64. The van der Waals surface area contributed by atoms with Gasteiger partial charge in [-0.1, -0.05) is 43.2 Å². The SMILES string of the molecule is Cc1cc(C)cc(-c2c3[nH]ccc3cn2OC2C(Oc3ccc4c(=O)c(-c5ccc(O)cc5)coc4c3)OC(C(O)OC(=O)C(NCCC=O)C(=O)O)C(O)C2(O)C(O)CC(C)C)c1. The monoisotopic (exact) mass is 883 g/mol. The Kier molecular flexibility index (Phi) is 13.3. The Morgan fingerprint density at radius 2 is 1.73 bits per heavy atom. The second-order valence-electron chi connectivity index (χ2n) is 16.3. The van der Waals surface area contributed by atoms with Crippen LogP contribution in [-0.4, -0.2) is 114 Å². The Bertz CT molecular complexity index is 2690. The number of carboxylic acid groups (broad SMARTS) is 1. The fraction of sp³-hybridized carbons (Fsp3) is 0.348. The molecule has 3 aromatic heterocycles. The summed E-state index contributed by atoms with van der Waals surface area (Å²) in [6.45, 7) is 7.12. The number of fused-ring (bicyclic) bond motifs is 2. The number of carboxylic acids is 1. The number of aliphatic hydroxyl groups is 4. The van der Waals surface area contributed by atoms with Gasteiger partial charge in [0, 0.05) is 36.2 Å². The number of aliphatic hydroxyl groups excluding tert-OH is 3. The number of H-pyrrole nitrogens is 1. The predicted molar refractivity (Wildman–Crippen MR) is 229 cm³/mol. The molecule has 1 saturated heterocycles. The number of aldehydes is 1. The van der Waals surface area contributed by atoms with E-state index in [2.05, 4.69) is 10.3 Å². The molecule has 18 heteroatoms. The molecule has 18 nitrogen and oxygen atoms in total. The molecule has 0 saturated carbocycles. The molecule has 0 amide bonds. The van der Waals surface area contributed by atoms with E-state index in [9.17, 15) is 49.8 Å². The number of aliphatic carboxylic acids is 1. The molecule has 338 valence electrons. The molecule has 8 atom stereocenters. The lowest BCUT2D eigenvalue weighted by molar-refractivity contribution is -0.361. The van der Waals surface area contributed by atoms with Crippen molar-refractivity contribution in [2.75, 3.05) is 6.54 Å². The van der Waals surface area contributed by atoms with Crippen LogP contribution in [0, 0.1) is 19.8 Å². The number of rotatable bonds is 17. The number of nitrogens with one attached hydrogen (secondary N) is 2. The minimum Gasteiger partial charge on any atom is -0.508 e. The average Bonchev–Trinajstić information content (AvgIpc) is 3.83. The molecule has 0 spiro atoms. The van der Waals surface area contributed by atoms with Gasteiger partial charge in [-0.15, -0.1) is 0 Å². The number of esters is 1. The number of aromatic hydroxyl groups is 1. The molecular weight excluding hydrogens is 835 g/mol. The van der Waals surface area contributed by atoms with Crippen molar-refractivity contribution in [3.63, 3.8) is 0 Å². The van der Waals surface area contributed by atoms with E-state index < -0.39 is 66.0 Å². The van der Waals surface area contributed by atoms with Gasteiger partial charge in [0.1, 0.15) is 41.4 Å². The third kappa shape index (κ3) is 9.10. The van der Waals surface area contributed by atoms with E-state index in [4.69, 9.17) is 23.5 Å². The zero-order valence-corrected chi connectivity index (χ0v) is 35.2. The Balaban J connectivity index is 1.33. The van der Waals surface area contributed by atoms with Gasteiger partial charge in [-0.3, -0.25) is 10.1 Å². The molecule has 4 heterocycles. The fourth-order valence-electron chi connectivity index (χ4n) is 7.97. The van der Waals surface area contributed by atoms with Crippen LogP contribution in [-0.2, 0) is 23.9 Å². The molecule has 7 rings (SSSR count). The standard InChI is InChI=1S/C46H49N3O15/c1-23(2)16-34(52)46(59)40(54)39(44(58)63-43(57)36(42(55)56)47-13-5-15-50)62-45(41(46)64-49-21-27-12-14-48-35(27)37(49)28-18-24(3)17-25(4)19-28)61-30-10-11-31-33(20-30)60-22-32(38(31)53)26-6-8-29(51)9-7-26/h6-12,14-15,17-23,34,36,39-41,44-45,47-48,51-52,54,58-59H,5,13,16H2,1-4H3,(H,55,56). The molecule has 1 fully saturated rings. The molecule has 0 radical (unpaired) electrons. The Hall–Kier alpha value is -6.54. The number of carbonyl (C=O) groups excluding carboxylic acids is 2. The quantitative estimate of drug-likeness (QED) is 0.0215. The van der Waals surface area contributed by atoms with Crippen molar-refractivity contribution in [1.82, 2.24) is 15.0 Å². The summed E-state index contributed by atoms with van der Waals surface area (Å²) in [5.41, 5.74) is 1.19. The Morgan fingerprint density at radius 1 is 1.02 bits per heavy atom. The van der Waals surface area contributed by atoms with Crippen LogP contribution in [0.15, 0.2) is 94.6 Å². The smallest absolute Gasteiger partial charge is 0.337 e. The minimum atomic E-state index is -2.82. The van der Waals surface area contributed by atoms with Gasteiger partial charge in [0.15, 0.2) is 17.1 Å². The number of phenolic OH excluding ortho intramolecular Hbond substituents is 1. The molecule has 6 aromatic rings. The number of aromatic nitrogens is 2. The van der Waals surface area contributed by atoms with Gasteiger partial charge in [0.2, 0.25) is 24.7 Å². The normalized spacial score (nSPS) is 21.4. The van der Waals surface area contributed by atoms with Gasteiger partial charge in [-0.05, 0) is 74.2 Å². The summed E-state index contributed by atoms with van der Waals surface area (Å²) in [6.07, 6.45) is -7.79. The van der Waals surface area contributed by atoms with Crippen LogP contribution >= 0.6 is 0 Å². The van der Waals surface area contributed by atoms with Gasteiger partial charge in [0.05, 0.1) is 28.8 Å². The first-order valence-electron chi connectivity index (χ1n) is 20.5. The second-order valence-corrected chi connectivity index (χ2v) is 16.3. The van der Waals surface area contributed by atoms with Crippen LogP contribution < -0.4 is 20.3 Å². The molecule has 64 heavy (non-hydrogen) atoms. The largest absolute Gasteiger partial charge is 0.508 e. The van der Waals surface area contributed by atoms with E-state index >= 15 is 0 Å². The highest BCUT2D eigenvalue weighted by Crippen LogP contribution is 2.40. The number of hydrogen-bond donors (Lipinski definition) is 8. The van der Waals surface area contributed by atoms with E-state index in [1.165, 1.54) is 41.3 Å². The van der Waals surface area contributed by atoms with Crippen molar-refractivity contribution in [1.29, 1.82) is 0 Å². The summed E-state index contributed by atoms with van der Waals surface area (Å²) in [5.74, 6) is -3.56. The first-order chi connectivity index (χ1) is 30.5. The number of ether oxygens (including phenoxy) is 3. The summed E-state index contributed by atoms with van der Waals surface area (Å²) < 4.78 is 24.8. The van der Waals surface area contributed by atoms with Crippen LogP contribution in [0.3, 0.4) is 0 Å². The molecular formula is C46H49N3O15. The summed E-state index contributed by atoms with van der Waals surface area (Å²) in [4.78, 5) is 59.5. The lowest BCUT2D eigenvalue weighted by atomic mass is 9.76. The van der Waals surface area contributed by atoms with Crippen molar-refractivity contribution >= 4 is 40.1 Å². The van der Waals surface area contributed by atoms with Crippen LogP contribution in [0.25, 0.3) is 44.3 Å². The van der Waals surface area contributed by atoms with Crippen LogP contribution in [0.2, 0.25) is 0 Å². The zero-order chi connectivity index (χ0) is 46.0. The molecule has 1 aliphatic heterocycles. The minimum absolute atomic E-state index is 0.00964. The van der Waals surface area contributed by atoms with Crippen molar-refractivity contribution in [3.8, 4) is 33.9 Å². The highest BCUT2D eigenvalue weighted by atomic mass is 16.8. The summed E-state index contributed by atoms with van der Waals surface area (Å²) in [7, 11) is 0. The maximum absolute atomic E-state index is 13.6. The third-order valence-corrected chi connectivity index (χ3v) is 11.0. The van der Waals surface area contributed by atoms with Crippen molar-refractivity contribution in [3.05, 3.63) is 107 Å². The van der Waals surface area contributed by atoms with Gasteiger partial charge >= 0.3 is 11.9 Å². The maximum atomic E-state index is 13.6. The lowest BCUT2D eigenvalue weighted by Gasteiger charge is -2.51. The summed E-state index contributed by atoms with van der Waals surface area (Å²) >= 11 is 0. The van der Waals surface area contributed by atoms with Crippen LogP contribution in [0.4, 0.5) is 0 Å². The number of benzene rings is 3. The van der Waals surface area contributed by atoms with Gasteiger partial charge in [-0.2, -0.15) is 4.73 Å². The number of phenols is 1. The lowest BCUT2D eigenvalue weighted by Crippen LogP contribution is -2.76. The number of nitrogens with zero attached hydrogens (tertiary/aromatic N) is 1. The third-order valence-electron chi connectivity index (χ3n) is 11.0. The highest BCUT2D eigenvalue weighted by molar-refractivity contribution is 5.98. The second kappa shape index (κ2) is 18.7. The topological polar surface area (TPSA) is 272 Å². The molecule has 3 aromatic carbocycles. The number of hydrogen-bond acceptors (Lipinski definition) is 15. The van der Waals surface area contributed by atoms with Gasteiger partial charge in [0.25, 0.3) is 0 Å². The van der Waals surface area contributed by atoms with Crippen molar-refractivity contribution < 1.29 is 68.5 Å². The predicted octanol–water partition coefficient (Wildman–Crippen LogP) is 3.33. The Morgan fingerprint density at radius 3 is 2.41 bits per heavy atom. The average molecular weight is 884 g/mol. The molecule has 0 bridgehead atoms. The molecule has 0 aliphatic carbocycles. The van der Waals surface area contributed by atoms with Gasteiger partial charge < -0.3 is 63.9 Å². The first kappa shape index (κ1) is 45.5. The number of aromatic amines is 1. The van der Waals surface area contributed by atoms with E-state index in [0.717, 1.165) is 11.1 Å². The zero-order valence-electron chi connectivity index (χ0n) is 35.2. The van der Waals surface area contributed by atoms with E-state index in [-0.39, 0.29) is 53.3 Å².